The lowest BCUT2D eigenvalue weighted by Gasteiger charge is -2.51. The number of carbonyl (C=O) groups is 2. The number of rotatable bonds is 6. The van der Waals surface area contributed by atoms with Crippen LogP contribution in [0.15, 0.2) is 0 Å². The maximum Gasteiger partial charge on any atom is 0.329 e. The largest absolute Gasteiger partial charge is 0.480 e. The Morgan fingerprint density at radius 3 is 2.43 bits per heavy atom. The van der Waals surface area contributed by atoms with Crippen molar-refractivity contribution in [2.45, 2.75) is 45.1 Å². The molecular formula is C15H26N2O4. The van der Waals surface area contributed by atoms with Crippen LogP contribution in [0.25, 0.3) is 0 Å². The fourth-order valence-electron chi connectivity index (χ4n) is 3.52. The predicted molar refractivity (Wildman–Crippen MR) is 78.0 cm³/mol. The first-order valence-corrected chi connectivity index (χ1v) is 7.77. The molecule has 0 aromatic rings. The molecule has 6 nitrogen and oxygen atoms in total. The molecule has 2 fully saturated rings. The summed E-state index contributed by atoms with van der Waals surface area (Å²) in [5.41, 5.74) is -0.734. The van der Waals surface area contributed by atoms with Crippen molar-refractivity contribution < 1.29 is 19.4 Å². The molecule has 2 saturated heterocycles. The van der Waals surface area contributed by atoms with Crippen LogP contribution in [0.5, 0.6) is 0 Å². The van der Waals surface area contributed by atoms with Gasteiger partial charge in [0.05, 0.1) is 18.5 Å². The number of ether oxygens (including phenoxy) is 1. The molecule has 21 heavy (non-hydrogen) atoms. The average Bonchev–Trinajstić information content (AvgIpc) is 2.42. The fraction of sp³-hybridized carbons (Fsp3) is 0.867. The first-order valence-electron chi connectivity index (χ1n) is 7.77. The molecule has 0 aliphatic carbocycles. The summed E-state index contributed by atoms with van der Waals surface area (Å²) < 4.78 is 5.38. The van der Waals surface area contributed by atoms with E-state index in [-0.39, 0.29) is 17.9 Å². The number of amides is 1. The summed E-state index contributed by atoms with van der Waals surface area (Å²) in [5.74, 6) is -0.746. The van der Waals surface area contributed by atoms with Crippen LogP contribution in [0, 0.1) is 5.41 Å². The van der Waals surface area contributed by atoms with Crippen molar-refractivity contribution in [3.05, 3.63) is 0 Å². The molecule has 0 radical (unpaired) electrons. The summed E-state index contributed by atoms with van der Waals surface area (Å²) in [4.78, 5) is 25.3. The van der Waals surface area contributed by atoms with Gasteiger partial charge in [-0.25, -0.2) is 4.79 Å². The number of carboxylic acid groups (broad SMARTS) is 1. The summed E-state index contributed by atoms with van der Waals surface area (Å²) in [5, 5.41) is 12.0. The number of nitrogens with zero attached hydrogens (tertiary/aromatic N) is 1. The Morgan fingerprint density at radius 2 is 1.90 bits per heavy atom. The second-order valence-corrected chi connectivity index (χ2v) is 6.57. The summed E-state index contributed by atoms with van der Waals surface area (Å²) in [7, 11) is 0. The Kier molecular flexibility index (Phi) is 4.88. The topological polar surface area (TPSA) is 78.9 Å². The van der Waals surface area contributed by atoms with Crippen molar-refractivity contribution >= 4 is 11.9 Å². The van der Waals surface area contributed by atoms with Gasteiger partial charge in [0.1, 0.15) is 12.2 Å². The average molecular weight is 298 g/mol. The van der Waals surface area contributed by atoms with Gasteiger partial charge in [-0.15, -0.1) is 0 Å². The first-order chi connectivity index (χ1) is 9.91. The smallest absolute Gasteiger partial charge is 0.329 e. The molecule has 120 valence electrons. The summed E-state index contributed by atoms with van der Waals surface area (Å²) in [6.07, 6.45) is 3.72. The molecule has 0 bridgehead atoms. The van der Waals surface area contributed by atoms with Gasteiger partial charge in [-0.2, -0.15) is 0 Å². The van der Waals surface area contributed by atoms with Crippen molar-refractivity contribution in [3.63, 3.8) is 0 Å². The normalized spacial score (nSPS) is 23.4. The van der Waals surface area contributed by atoms with Crippen LogP contribution in [-0.4, -0.2) is 60.3 Å². The van der Waals surface area contributed by atoms with Crippen LogP contribution in [0.4, 0.5) is 0 Å². The van der Waals surface area contributed by atoms with E-state index in [0.29, 0.717) is 13.1 Å². The van der Waals surface area contributed by atoms with Crippen molar-refractivity contribution in [1.82, 2.24) is 10.2 Å². The Balaban J connectivity index is 1.93. The van der Waals surface area contributed by atoms with E-state index in [1.807, 2.05) is 11.8 Å². The van der Waals surface area contributed by atoms with Crippen LogP contribution < -0.4 is 5.32 Å². The van der Waals surface area contributed by atoms with Crippen LogP contribution in [0.3, 0.4) is 0 Å². The monoisotopic (exact) mass is 298 g/mol. The fourth-order valence-corrected chi connectivity index (χ4v) is 3.52. The van der Waals surface area contributed by atoms with Gasteiger partial charge in [-0.1, -0.05) is 13.3 Å². The standard InChI is InChI=1S/C15H26N2O4/c1-3-4-15(5-7-16-8-6-15)13(20)17-10-14(2,11-17)21-9-12(18)19/h16H,3-11H2,1-2H3,(H,18,19). The van der Waals surface area contributed by atoms with Gasteiger partial charge >= 0.3 is 5.97 Å². The van der Waals surface area contributed by atoms with Gasteiger partial charge < -0.3 is 20.1 Å². The van der Waals surface area contributed by atoms with Gasteiger partial charge in [-0.3, -0.25) is 4.79 Å². The van der Waals surface area contributed by atoms with Crippen molar-refractivity contribution in [3.8, 4) is 0 Å². The highest BCUT2D eigenvalue weighted by Gasteiger charge is 2.49. The Bertz CT molecular complexity index is 393. The number of hydrogen-bond donors (Lipinski definition) is 2. The number of carboxylic acids is 1. The molecule has 1 amide bonds. The molecule has 0 saturated carbocycles. The summed E-state index contributed by atoms with van der Waals surface area (Å²) >= 11 is 0. The quantitative estimate of drug-likeness (QED) is 0.760. The van der Waals surface area contributed by atoms with Gasteiger partial charge in [0.2, 0.25) is 5.91 Å². The SMILES string of the molecule is CCCC1(C(=O)N2CC(C)(OCC(=O)O)C2)CCNCC1. The van der Waals surface area contributed by atoms with E-state index >= 15 is 0 Å². The number of likely N-dealkylation sites (tertiary alicyclic amines) is 1. The Labute approximate surface area is 125 Å². The van der Waals surface area contributed by atoms with E-state index in [2.05, 4.69) is 12.2 Å². The number of aliphatic carboxylic acids is 1. The molecular weight excluding hydrogens is 272 g/mol. The number of piperidine rings is 1. The van der Waals surface area contributed by atoms with E-state index in [1.165, 1.54) is 0 Å². The second kappa shape index (κ2) is 6.32. The van der Waals surface area contributed by atoms with Gasteiger partial charge in [0, 0.05) is 0 Å². The molecule has 0 unspecified atom stereocenters. The minimum absolute atomic E-state index is 0.224. The van der Waals surface area contributed by atoms with Crippen molar-refractivity contribution in [1.29, 1.82) is 0 Å². The zero-order chi connectivity index (χ0) is 15.5. The maximum atomic E-state index is 12.8. The highest BCUT2D eigenvalue weighted by Crippen LogP contribution is 2.39. The van der Waals surface area contributed by atoms with Crippen LogP contribution in [-0.2, 0) is 14.3 Å². The lowest BCUT2D eigenvalue weighted by Crippen LogP contribution is -2.66. The van der Waals surface area contributed by atoms with E-state index in [9.17, 15) is 9.59 Å². The second-order valence-electron chi connectivity index (χ2n) is 6.57. The van der Waals surface area contributed by atoms with Gasteiger partial charge in [0.15, 0.2) is 0 Å². The zero-order valence-electron chi connectivity index (χ0n) is 13.0. The molecule has 0 aromatic carbocycles. The molecule has 2 rings (SSSR count). The molecule has 0 atom stereocenters. The molecule has 0 spiro atoms. The number of nitrogens with one attached hydrogen (secondary N) is 1. The molecule has 0 aromatic heterocycles. The van der Waals surface area contributed by atoms with E-state index in [4.69, 9.17) is 9.84 Å². The Morgan fingerprint density at radius 1 is 1.29 bits per heavy atom. The highest BCUT2D eigenvalue weighted by molar-refractivity contribution is 5.84. The third kappa shape index (κ3) is 3.55. The summed E-state index contributed by atoms with van der Waals surface area (Å²) in [6, 6.07) is 0. The van der Waals surface area contributed by atoms with Gasteiger partial charge in [0.25, 0.3) is 0 Å². The van der Waals surface area contributed by atoms with E-state index in [0.717, 1.165) is 38.8 Å². The number of hydrogen-bond acceptors (Lipinski definition) is 4. The predicted octanol–water partition coefficient (Wildman–Crippen LogP) is 0.858. The summed E-state index contributed by atoms with van der Waals surface area (Å²) in [6.45, 7) is 6.47. The van der Waals surface area contributed by atoms with Crippen molar-refractivity contribution in [2.75, 3.05) is 32.8 Å². The lowest BCUT2D eigenvalue weighted by molar-refractivity contribution is -0.180. The van der Waals surface area contributed by atoms with Crippen LogP contribution >= 0.6 is 0 Å². The van der Waals surface area contributed by atoms with Crippen molar-refractivity contribution in [2.24, 2.45) is 5.41 Å². The molecule has 2 aliphatic heterocycles. The van der Waals surface area contributed by atoms with Gasteiger partial charge in [-0.05, 0) is 39.3 Å². The maximum absolute atomic E-state index is 12.8. The minimum Gasteiger partial charge on any atom is -0.480 e. The minimum atomic E-state index is -0.971. The zero-order valence-corrected chi connectivity index (χ0v) is 13.0. The lowest BCUT2D eigenvalue weighted by atomic mass is 9.73. The molecule has 2 aliphatic rings. The van der Waals surface area contributed by atoms with Crippen LogP contribution in [0.1, 0.15) is 39.5 Å². The Hall–Kier alpha value is -1.14. The number of carbonyl (C=O) groups excluding carboxylic acids is 1. The first kappa shape index (κ1) is 16.2. The highest BCUT2D eigenvalue weighted by atomic mass is 16.5. The molecule has 6 heteroatoms. The van der Waals surface area contributed by atoms with E-state index < -0.39 is 11.6 Å². The van der Waals surface area contributed by atoms with E-state index in [1.54, 1.807) is 0 Å². The van der Waals surface area contributed by atoms with Crippen LogP contribution in [0.2, 0.25) is 0 Å². The molecule has 2 N–H and O–H groups in total. The molecule has 2 heterocycles. The third-order valence-electron chi connectivity index (χ3n) is 4.62. The third-order valence-corrected chi connectivity index (χ3v) is 4.62.